The molecule has 0 saturated carbocycles. The Morgan fingerprint density at radius 3 is 0.964 bits per heavy atom. The van der Waals surface area contributed by atoms with Crippen LogP contribution in [0.3, 0.4) is 0 Å². The zero-order valence-electron chi connectivity index (χ0n) is 68.0. The van der Waals surface area contributed by atoms with Crippen molar-refractivity contribution in [3.05, 3.63) is 377 Å². The number of halogens is 22. The van der Waals surface area contributed by atoms with E-state index in [2.05, 4.69) is 119 Å². The second-order valence-corrected chi connectivity index (χ2v) is 42.7. The second-order valence-electron chi connectivity index (χ2n) is 24.4. The maximum atomic E-state index is 12.6. The average Bonchev–Trinajstić information content (AvgIpc) is 1.61. The largest absolute Gasteiger partial charge is 1.00 e. The SMILES string of the molecule is Cc1ccc(S(=O)(=O)[O-])cc1.Cc1ccc(S(=O)(=O)[O-])cc1.Clc1cccc([I-]c2cccc(Cl)c2)c1.FB(F)F.F[P-](F)(F)(F)(F)F.O=C([O-])C(=O)c1ccccc1.O=C([O-])c1ccccc1.O=S(=O)([O-])C(F)(F)F.O=S(=O)([O-])c1c(F)c(F)c(F)c(F)c1F.O=S([O-])(=S)c1ccccc1.O=S1(=O)N=C([O-])c2ccccc21.[F-].[O-][Cl+3]([O-])([O-])[O-].c1ccc([S+](c2ccccc2)c2ccccc2)cc1. The molecule has 138 heavy (non-hydrogen) atoms. The Labute approximate surface area is 804 Å². The van der Waals surface area contributed by atoms with E-state index < -0.39 is 148 Å². The van der Waals surface area contributed by atoms with E-state index in [0.717, 1.165) is 21.2 Å². The molecular formula is C79H56BCl3F18INO26PS8-11. The second kappa shape index (κ2) is 56.2. The Kier molecular flexibility index (Phi) is 52.0. The molecule has 1 heterocycles. The molecule has 1 aliphatic rings. The van der Waals surface area contributed by atoms with Crippen molar-refractivity contribution in [1.82, 2.24) is 0 Å². The molecule has 0 saturated heterocycles. The topological polar surface area (TPSA) is 528 Å². The van der Waals surface area contributed by atoms with E-state index in [-0.39, 0.29) is 73.1 Å². The molecule has 27 nitrogen and oxygen atoms in total. The van der Waals surface area contributed by atoms with E-state index in [1.54, 1.807) is 91.0 Å². The molecule has 0 amide bonds. The summed E-state index contributed by atoms with van der Waals surface area (Å²) < 4.78 is 385. The summed E-state index contributed by atoms with van der Waals surface area (Å²) in [5, 5.41) is 32.7. The number of carbonyl (C=O) groups is 3. The molecule has 754 valence electrons. The van der Waals surface area contributed by atoms with Crippen LogP contribution >= 0.6 is 31.0 Å². The van der Waals surface area contributed by atoms with Gasteiger partial charge in [0.2, 0.25) is 11.6 Å². The van der Waals surface area contributed by atoms with Crippen molar-refractivity contribution in [2.45, 2.75) is 58.5 Å². The molecule has 12 aromatic rings. The van der Waals surface area contributed by atoms with Gasteiger partial charge in [-0.2, -0.15) is 26.0 Å². The molecule has 0 N–H and O–H groups in total. The number of nitrogens with zero attached hydrogens (tertiary/aromatic N) is 1. The minimum atomic E-state index is -10.7. The van der Waals surface area contributed by atoms with Crippen LogP contribution in [0.15, 0.2) is 347 Å². The number of aromatic carboxylic acids is 1. The van der Waals surface area contributed by atoms with Crippen molar-refractivity contribution in [1.29, 1.82) is 0 Å². The average molecular weight is 2310 g/mol. The maximum absolute atomic E-state index is 12.6. The monoisotopic (exact) mass is 2310 g/mol. The predicted molar refractivity (Wildman–Crippen MR) is 440 cm³/mol. The minimum Gasteiger partial charge on any atom is -1.00 e. The number of hydrogen-bond donors (Lipinski definition) is 0. The minimum absolute atomic E-state index is 0. The summed E-state index contributed by atoms with van der Waals surface area (Å²) in [6.45, 7) is 3.64. The molecule has 1 aliphatic heterocycles. The van der Waals surface area contributed by atoms with Gasteiger partial charge in [-0.3, -0.25) is 22.0 Å². The predicted octanol–water partition coefficient (Wildman–Crippen LogP) is 5.64. The fraction of sp³-hybridized carbons (Fsp3) is 0.0380. The molecule has 1 unspecified atom stereocenters. The molecule has 59 heteroatoms. The van der Waals surface area contributed by atoms with Gasteiger partial charge in [0.1, 0.15) is 41.2 Å². The van der Waals surface area contributed by atoms with Crippen molar-refractivity contribution in [3.8, 4) is 0 Å². The number of aliphatic carboxylic acids is 1. The summed E-state index contributed by atoms with van der Waals surface area (Å²) in [5.74, 6) is -17.3. The van der Waals surface area contributed by atoms with Crippen LogP contribution in [0.5, 0.6) is 0 Å². The summed E-state index contributed by atoms with van der Waals surface area (Å²) in [7, 11) is -46.8. The van der Waals surface area contributed by atoms with E-state index in [1.165, 1.54) is 94.6 Å². The number of benzene rings is 12. The number of aryl methyl sites for hydroxylation is 2. The van der Waals surface area contributed by atoms with Gasteiger partial charge in [0.05, 0.1) is 31.6 Å². The van der Waals surface area contributed by atoms with Gasteiger partial charge in [0, 0.05) is 21.9 Å². The Bertz CT molecular complexity index is 6460. The molecule has 0 bridgehead atoms. The first-order valence-corrected chi connectivity index (χ1v) is 51.8. The standard InChI is InChI=1S/C18H15S.C12H8Cl2I.C8H6O3.C7H5NO3S.2C7H8O3S.C7H6O2.C6HF5O3S.C6H6O2S2.CHF3O3S.BF3.ClHO4.F6P.FH/c1-4-10-16(11-5-1)19(17-12-6-2-7-13-17)18-14-8-3-9-15-18;13-9-3-1-5-11(7-9)15-12-6-2-4-10(14)8-12;9-7(8(10)11)6-4-2-1-3-5-6;9-7-5-3-1-2-4-6(5)12(10,11)8-7;2*1-6-2-4-7(5-3-6)11(8,9)10;8-7(9)6-4-2-1-3-5-6;7-1-2(8)4(10)6(15(12,13)14)5(11)3(1)9;7-10(8,9)6-4-2-1-3-5-6;2-1(3,4)8(5,6)7;2-1(3)4;2-1(3,4)5;1-7(2,3,4,5)6;/h1-15H;1-8H;1-5H,(H,10,11);1-4H,(H,8,9);2*2-5H,1H3,(H,8,9,10);1-5H,(H,8,9);(H,12,13,14);1-5H,(H,7,8,9);(H,5,6,7);;(H,2,3,4,5);;1H/q+1;-1;;;;;;;;;;;-1;/p-10. The molecule has 1 atom stereocenters. The van der Waals surface area contributed by atoms with E-state index in [0.29, 0.717) is 0 Å². The van der Waals surface area contributed by atoms with E-state index in [4.69, 9.17) is 54.8 Å². The molecular weight excluding hydrogens is 2250 g/mol. The van der Waals surface area contributed by atoms with Gasteiger partial charge in [0.15, 0.2) is 48.1 Å². The van der Waals surface area contributed by atoms with Gasteiger partial charge in [-0.1, -0.05) is 187 Å². The zero-order chi connectivity index (χ0) is 105. The van der Waals surface area contributed by atoms with Crippen LogP contribution in [0.25, 0.3) is 0 Å². The van der Waals surface area contributed by atoms with Crippen LogP contribution in [-0.2, 0) is 86.1 Å². The normalized spacial score (nSPS) is 12.4. The van der Waals surface area contributed by atoms with Crippen LogP contribution in [0, 0.1) is 60.3 Å². The van der Waals surface area contributed by atoms with Gasteiger partial charge in [-0.25, -0.2) is 74.3 Å². The van der Waals surface area contributed by atoms with Gasteiger partial charge < -0.3 is 52.4 Å². The van der Waals surface area contributed by atoms with Crippen LogP contribution in [0.1, 0.15) is 37.4 Å². The van der Waals surface area contributed by atoms with Gasteiger partial charge in [0.25, 0.3) is 10.0 Å². The molecule has 0 aliphatic carbocycles. The van der Waals surface area contributed by atoms with E-state index in [9.17, 15) is 159 Å². The van der Waals surface area contributed by atoms with Crippen LogP contribution in [-0.4, -0.2) is 106 Å². The number of carboxylic acid groups (broad SMARTS) is 2. The molecule has 0 spiro atoms. The van der Waals surface area contributed by atoms with Crippen molar-refractivity contribution in [3.63, 3.8) is 0 Å². The van der Waals surface area contributed by atoms with Gasteiger partial charge in [-0.15, -0.1) is 10.2 Å². The Morgan fingerprint density at radius 2 is 0.717 bits per heavy atom. The number of alkyl halides is 3. The molecule has 12 aromatic carbocycles. The fourth-order valence-corrected chi connectivity index (χ4v) is 17.2. The van der Waals surface area contributed by atoms with Crippen molar-refractivity contribution < 1.29 is 227 Å². The van der Waals surface area contributed by atoms with Crippen LogP contribution in [0.4, 0.5) is 73.3 Å². The summed E-state index contributed by atoms with van der Waals surface area (Å²) in [6.07, 6.45) is 0. The summed E-state index contributed by atoms with van der Waals surface area (Å²) in [4.78, 5) is 32.4. The smallest absolute Gasteiger partial charge is 0.485 e. The number of Topliss-reactive ketones (excluding diaryl/α,β-unsaturated/α-hetero) is 1. The molecule has 0 aromatic heterocycles. The molecule has 0 radical (unpaired) electrons. The number of ketones is 1. The van der Waals surface area contributed by atoms with Crippen molar-refractivity contribution >= 4 is 144 Å². The first-order valence-electron chi connectivity index (χ1n) is 34.9. The third-order valence-electron chi connectivity index (χ3n) is 13.9. The number of sulfonamides is 1. The number of carboxylic acids is 2. The maximum Gasteiger partial charge on any atom is 0.485 e. The number of rotatable bonds is 12. The zero-order valence-corrected chi connectivity index (χ0v) is 79.9. The van der Waals surface area contributed by atoms with Crippen LogP contribution < -0.4 is 59.9 Å². The Hall–Kier alpha value is -10.3. The summed E-state index contributed by atoms with van der Waals surface area (Å²) >= 11 is 15.9. The third kappa shape index (κ3) is 54.9. The Morgan fingerprint density at radius 1 is 0.442 bits per heavy atom. The quantitative estimate of drug-likeness (QED) is 0.0122. The molecule has 0 fully saturated rings. The van der Waals surface area contributed by atoms with E-state index in [1.807, 2.05) is 50.2 Å². The van der Waals surface area contributed by atoms with Crippen LogP contribution in [0.2, 0.25) is 10.0 Å². The number of hydrogen-bond acceptors (Lipinski definition) is 27. The van der Waals surface area contributed by atoms with Crippen molar-refractivity contribution in [2.75, 3.05) is 0 Å². The first-order chi connectivity index (χ1) is 62.5. The Balaban J connectivity index is 0.00000150. The first kappa shape index (κ1) is 128. The summed E-state index contributed by atoms with van der Waals surface area (Å²) in [5.41, 5.74) is -3.26. The third-order valence-corrected chi connectivity index (χ3v) is 25.1. The van der Waals surface area contributed by atoms with Gasteiger partial charge >= 0.3 is 156 Å². The van der Waals surface area contributed by atoms with Crippen molar-refractivity contribution in [2.24, 2.45) is 4.40 Å². The van der Waals surface area contributed by atoms with Gasteiger partial charge in [-0.05, 0) is 118 Å². The molecule has 13 rings (SSSR count). The summed E-state index contributed by atoms with van der Waals surface area (Å²) in [6, 6.07) is 89.5. The van der Waals surface area contributed by atoms with E-state index >= 15 is 0 Å². The number of fused-ring (bicyclic) bond motifs is 1. The number of carbonyl (C=O) groups excluding carboxylic acids is 3. The fourth-order valence-electron chi connectivity index (χ4n) is 8.40.